The van der Waals surface area contributed by atoms with E-state index in [1.807, 2.05) is 0 Å². The molecule has 2 unspecified atom stereocenters. The van der Waals surface area contributed by atoms with E-state index >= 15 is 0 Å². The van der Waals surface area contributed by atoms with E-state index in [9.17, 15) is 5.11 Å². The van der Waals surface area contributed by atoms with Gasteiger partial charge >= 0.3 is 0 Å². The van der Waals surface area contributed by atoms with Gasteiger partial charge in [-0.15, -0.1) is 0 Å². The van der Waals surface area contributed by atoms with Gasteiger partial charge in [-0.25, -0.2) is 0 Å². The lowest BCUT2D eigenvalue weighted by atomic mass is 9.44. The van der Waals surface area contributed by atoms with E-state index in [-0.39, 0.29) is 5.41 Å². The van der Waals surface area contributed by atoms with Crippen LogP contribution in [0.25, 0.3) is 0 Å². The zero-order valence-electron chi connectivity index (χ0n) is 11.7. The van der Waals surface area contributed by atoms with Crippen LogP contribution >= 0.6 is 0 Å². The van der Waals surface area contributed by atoms with Crippen LogP contribution in [0.4, 0.5) is 0 Å². The molecule has 1 nitrogen and oxygen atoms in total. The number of hydrogen-bond donors (Lipinski definition) is 1. The second-order valence-corrected chi connectivity index (χ2v) is 7.65. The molecule has 4 aliphatic carbocycles. The lowest BCUT2D eigenvalue weighted by molar-refractivity contribution is -0.192. The van der Waals surface area contributed by atoms with Crippen molar-refractivity contribution in [1.82, 2.24) is 0 Å². The minimum Gasteiger partial charge on any atom is -0.389 e. The summed E-state index contributed by atoms with van der Waals surface area (Å²) in [5.41, 5.74) is -0.158. The molecule has 4 fully saturated rings. The molecule has 4 bridgehead atoms. The van der Waals surface area contributed by atoms with E-state index < -0.39 is 5.60 Å². The SMILES string of the molecule is CCC(C)C(C)(O)C12CC3CC(CC(C3)C1)C2. The summed E-state index contributed by atoms with van der Waals surface area (Å²) in [7, 11) is 0. The zero-order valence-corrected chi connectivity index (χ0v) is 11.7. The van der Waals surface area contributed by atoms with Crippen molar-refractivity contribution >= 4 is 0 Å². The summed E-state index contributed by atoms with van der Waals surface area (Å²) in [5, 5.41) is 11.1. The highest BCUT2D eigenvalue weighted by molar-refractivity contribution is 5.09. The highest BCUT2D eigenvalue weighted by Gasteiger charge is 2.59. The first kappa shape index (κ1) is 12.0. The lowest BCUT2D eigenvalue weighted by Gasteiger charge is -2.62. The summed E-state index contributed by atoms with van der Waals surface area (Å²) in [6, 6.07) is 0. The van der Waals surface area contributed by atoms with Gasteiger partial charge in [-0.05, 0) is 74.5 Å². The van der Waals surface area contributed by atoms with Gasteiger partial charge in [0, 0.05) is 0 Å². The highest BCUT2D eigenvalue weighted by Crippen LogP contribution is 2.64. The second-order valence-electron chi connectivity index (χ2n) is 7.65. The molecule has 4 aliphatic rings. The van der Waals surface area contributed by atoms with Gasteiger partial charge in [-0.2, -0.15) is 0 Å². The van der Waals surface area contributed by atoms with Crippen molar-refractivity contribution in [2.45, 2.75) is 71.3 Å². The topological polar surface area (TPSA) is 20.2 Å². The Morgan fingerprint density at radius 3 is 1.88 bits per heavy atom. The molecule has 0 aromatic heterocycles. The first-order valence-electron chi connectivity index (χ1n) is 7.69. The van der Waals surface area contributed by atoms with Gasteiger partial charge in [0.25, 0.3) is 0 Å². The van der Waals surface area contributed by atoms with Gasteiger partial charge in [0.05, 0.1) is 5.60 Å². The molecular weight excluding hydrogens is 208 g/mol. The molecular formula is C16H28O. The van der Waals surface area contributed by atoms with E-state index in [2.05, 4.69) is 20.8 Å². The smallest absolute Gasteiger partial charge is 0.0701 e. The van der Waals surface area contributed by atoms with E-state index in [1.165, 1.54) is 38.5 Å². The van der Waals surface area contributed by atoms with Crippen molar-refractivity contribution < 1.29 is 5.11 Å². The average molecular weight is 236 g/mol. The molecule has 4 saturated carbocycles. The molecule has 0 heterocycles. The van der Waals surface area contributed by atoms with E-state index in [1.54, 1.807) is 0 Å². The Hall–Kier alpha value is -0.0400. The van der Waals surface area contributed by atoms with Gasteiger partial charge in [0.15, 0.2) is 0 Å². The molecule has 0 aliphatic heterocycles. The minimum atomic E-state index is -0.433. The van der Waals surface area contributed by atoms with E-state index in [0.29, 0.717) is 5.92 Å². The quantitative estimate of drug-likeness (QED) is 0.785. The molecule has 0 aromatic carbocycles. The van der Waals surface area contributed by atoms with Crippen LogP contribution in [0.3, 0.4) is 0 Å². The summed E-state index contributed by atoms with van der Waals surface area (Å²) >= 11 is 0. The maximum Gasteiger partial charge on any atom is 0.0701 e. The highest BCUT2D eigenvalue weighted by atomic mass is 16.3. The summed E-state index contributed by atoms with van der Waals surface area (Å²) in [4.78, 5) is 0. The van der Waals surface area contributed by atoms with Gasteiger partial charge < -0.3 is 5.11 Å². The Labute approximate surface area is 106 Å². The fourth-order valence-electron chi connectivity index (χ4n) is 5.65. The third-order valence-corrected chi connectivity index (χ3v) is 6.68. The van der Waals surface area contributed by atoms with Gasteiger partial charge in [-0.1, -0.05) is 20.3 Å². The van der Waals surface area contributed by atoms with Gasteiger partial charge in [0.1, 0.15) is 0 Å². The summed E-state index contributed by atoms with van der Waals surface area (Å²) in [6.07, 6.45) is 9.46. The van der Waals surface area contributed by atoms with Gasteiger partial charge in [0.2, 0.25) is 0 Å². The summed E-state index contributed by atoms with van der Waals surface area (Å²) < 4.78 is 0. The van der Waals surface area contributed by atoms with Crippen LogP contribution in [0.1, 0.15) is 65.7 Å². The maximum absolute atomic E-state index is 11.1. The van der Waals surface area contributed by atoms with Crippen LogP contribution in [0.5, 0.6) is 0 Å². The third kappa shape index (κ3) is 1.61. The lowest BCUT2D eigenvalue weighted by Crippen LogP contribution is -2.59. The Kier molecular flexibility index (Phi) is 2.63. The standard InChI is InChI=1S/C16H28O/c1-4-11(2)15(3,17)16-8-12-5-13(9-16)7-14(6-12)10-16/h11-14,17H,4-10H2,1-3H3. The van der Waals surface area contributed by atoms with Crippen LogP contribution in [0.15, 0.2) is 0 Å². The van der Waals surface area contributed by atoms with Crippen LogP contribution in [0.2, 0.25) is 0 Å². The second kappa shape index (κ2) is 3.73. The van der Waals surface area contributed by atoms with Crippen molar-refractivity contribution in [1.29, 1.82) is 0 Å². The fraction of sp³-hybridized carbons (Fsp3) is 1.00. The zero-order chi connectivity index (χ0) is 12.3. The number of aliphatic hydroxyl groups is 1. The number of hydrogen-bond acceptors (Lipinski definition) is 1. The monoisotopic (exact) mass is 236 g/mol. The van der Waals surface area contributed by atoms with Crippen molar-refractivity contribution in [2.24, 2.45) is 29.1 Å². The van der Waals surface area contributed by atoms with E-state index in [4.69, 9.17) is 0 Å². The fourth-order valence-corrected chi connectivity index (χ4v) is 5.65. The molecule has 0 radical (unpaired) electrons. The average Bonchev–Trinajstić information content (AvgIpc) is 2.25. The van der Waals surface area contributed by atoms with Gasteiger partial charge in [-0.3, -0.25) is 0 Å². The first-order valence-corrected chi connectivity index (χ1v) is 7.69. The Morgan fingerprint density at radius 1 is 1.12 bits per heavy atom. The van der Waals surface area contributed by atoms with Crippen LogP contribution in [-0.4, -0.2) is 10.7 Å². The molecule has 17 heavy (non-hydrogen) atoms. The van der Waals surface area contributed by atoms with Crippen molar-refractivity contribution in [3.8, 4) is 0 Å². The molecule has 98 valence electrons. The normalized spacial score (nSPS) is 49.1. The molecule has 0 spiro atoms. The van der Waals surface area contributed by atoms with Crippen molar-refractivity contribution in [2.75, 3.05) is 0 Å². The Bertz CT molecular complexity index is 269. The van der Waals surface area contributed by atoms with Crippen LogP contribution < -0.4 is 0 Å². The van der Waals surface area contributed by atoms with Crippen LogP contribution in [0, 0.1) is 29.1 Å². The van der Waals surface area contributed by atoms with Crippen molar-refractivity contribution in [3.05, 3.63) is 0 Å². The van der Waals surface area contributed by atoms with Crippen molar-refractivity contribution in [3.63, 3.8) is 0 Å². The minimum absolute atomic E-state index is 0.275. The molecule has 4 rings (SSSR count). The molecule has 2 atom stereocenters. The number of rotatable bonds is 3. The molecule has 1 heteroatoms. The van der Waals surface area contributed by atoms with Crippen LogP contribution in [-0.2, 0) is 0 Å². The summed E-state index contributed by atoms with van der Waals surface area (Å²) in [5.74, 6) is 3.27. The predicted octanol–water partition coefficient (Wildman–Crippen LogP) is 4.00. The predicted molar refractivity (Wildman–Crippen MR) is 70.7 cm³/mol. The largest absolute Gasteiger partial charge is 0.389 e. The Morgan fingerprint density at radius 2 is 1.53 bits per heavy atom. The Balaban J connectivity index is 1.91. The molecule has 0 saturated heterocycles. The molecule has 0 amide bonds. The molecule has 1 N–H and O–H groups in total. The summed E-state index contributed by atoms with van der Waals surface area (Å²) in [6.45, 7) is 6.62. The molecule has 0 aromatic rings. The maximum atomic E-state index is 11.1. The van der Waals surface area contributed by atoms with E-state index in [0.717, 1.165) is 24.2 Å². The first-order chi connectivity index (χ1) is 7.97. The third-order valence-electron chi connectivity index (χ3n) is 6.68.